The SMILES string of the molecule is CN(C)c1cc(C(=O)O[C@@H]2[C@H]3CCCO[C@H]3C2(C)C)ccn1. The molecule has 0 bridgehead atoms. The van der Waals surface area contributed by atoms with E-state index in [1.165, 1.54) is 0 Å². The highest BCUT2D eigenvalue weighted by molar-refractivity contribution is 5.90. The van der Waals surface area contributed by atoms with Crippen molar-refractivity contribution in [3.63, 3.8) is 0 Å². The Hall–Kier alpha value is -1.62. The molecular weight excluding hydrogens is 280 g/mol. The third-order valence-electron chi connectivity index (χ3n) is 4.90. The van der Waals surface area contributed by atoms with Gasteiger partial charge in [-0.1, -0.05) is 13.8 Å². The van der Waals surface area contributed by atoms with E-state index in [4.69, 9.17) is 9.47 Å². The number of hydrogen-bond acceptors (Lipinski definition) is 5. The number of fused-ring (bicyclic) bond motifs is 1. The summed E-state index contributed by atoms with van der Waals surface area (Å²) in [6.45, 7) is 5.06. The van der Waals surface area contributed by atoms with Crippen LogP contribution in [0.5, 0.6) is 0 Å². The van der Waals surface area contributed by atoms with Crippen molar-refractivity contribution >= 4 is 11.8 Å². The molecule has 5 heteroatoms. The molecule has 1 aliphatic heterocycles. The summed E-state index contributed by atoms with van der Waals surface area (Å²) >= 11 is 0. The second-order valence-electron chi connectivity index (χ2n) is 7.04. The highest BCUT2D eigenvalue weighted by Gasteiger charge is 2.60. The van der Waals surface area contributed by atoms with Gasteiger partial charge in [0.05, 0.1) is 11.7 Å². The monoisotopic (exact) mass is 304 g/mol. The second kappa shape index (κ2) is 5.54. The minimum absolute atomic E-state index is 0.0683. The van der Waals surface area contributed by atoms with Crippen molar-refractivity contribution in [2.75, 3.05) is 25.6 Å². The molecule has 2 aliphatic rings. The van der Waals surface area contributed by atoms with Crippen LogP contribution in [-0.4, -0.2) is 43.9 Å². The summed E-state index contributed by atoms with van der Waals surface area (Å²) in [4.78, 5) is 18.6. The van der Waals surface area contributed by atoms with Crippen molar-refractivity contribution in [1.29, 1.82) is 0 Å². The third-order valence-corrected chi connectivity index (χ3v) is 4.90. The van der Waals surface area contributed by atoms with Crippen LogP contribution >= 0.6 is 0 Å². The molecule has 0 spiro atoms. The van der Waals surface area contributed by atoms with Gasteiger partial charge in [0.15, 0.2) is 0 Å². The van der Waals surface area contributed by atoms with Crippen LogP contribution in [-0.2, 0) is 9.47 Å². The van der Waals surface area contributed by atoms with Gasteiger partial charge >= 0.3 is 5.97 Å². The average molecular weight is 304 g/mol. The van der Waals surface area contributed by atoms with Gasteiger partial charge in [0, 0.05) is 38.2 Å². The first-order valence-corrected chi connectivity index (χ1v) is 7.87. The fourth-order valence-electron chi connectivity index (χ4n) is 3.69. The standard InChI is InChI=1S/C17H24N2O3/c1-17(2)14-12(6-5-9-21-14)15(17)22-16(20)11-7-8-18-13(10-11)19(3)4/h7-8,10,12,14-15H,5-6,9H2,1-4H3/t12-,14+,15+/m0/s1. The fourth-order valence-corrected chi connectivity index (χ4v) is 3.69. The van der Waals surface area contributed by atoms with Crippen LogP contribution in [0.4, 0.5) is 5.82 Å². The summed E-state index contributed by atoms with van der Waals surface area (Å²) in [7, 11) is 3.80. The molecule has 1 aliphatic carbocycles. The minimum Gasteiger partial charge on any atom is -0.458 e. The Morgan fingerprint density at radius 2 is 2.23 bits per heavy atom. The number of hydrogen-bond donors (Lipinski definition) is 0. The van der Waals surface area contributed by atoms with Crippen LogP contribution in [0.2, 0.25) is 0 Å². The second-order valence-corrected chi connectivity index (χ2v) is 7.04. The zero-order chi connectivity index (χ0) is 15.9. The van der Waals surface area contributed by atoms with E-state index >= 15 is 0 Å². The molecule has 3 atom stereocenters. The number of nitrogens with zero attached hydrogens (tertiary/aromatic N) is 2. The Bertz CT molecular complexity index is 571. The third kappa shape index (κ3) is 2.47. The van der Waals surface area contributed by atoms with Gasteiger partial charge in [-0.05, 0) is 25.0 Å². The Kier molecular flexibility index (Phi) is 3.85. The van der Waals surface area contributed by atoms with E-state index in [1.807, 2.05) is 19.0 Å². The number of carbonyl (C=O) groups is 1. The van der Waals surface area contributed by atoms with E-state index in [-0.39, 0.29) is 23.6 Å². The van der Waals surface area contributed by atoms with Crippen molar-refractivity contribution in [1.82, 2.24) is 4.98 Å². The molecule has 3 rings (SSSR count). The first-order chi connectivity index (χ1) is 10.4. The van der Waals surface area contributed by atoms with Crippen molar-refractivity contribution in [3.05, 3.63) is 23.9 Å². The van der Waals surface area contributed by atoms with Gasteiger partial charge in [-0.25, -0.2) is 9.78 Å². The number of anilines is 1. The molecule has 1 aromatic heterocycles. The maximum atomic E-state index is 12.5. The topological polar surface area (TPSA) is 51.7 Å². The summed E-state index contributed by atoms with van der Waals surface area (Å²) in [6, 6.07) is 3.47. The van der Waals surface area contributed by atoms with Crippen molar-refractivity contribution in [2.24, 2.45) is 11.3 Å². The van der Waals surface area contributed by atoms with Gasteiger partial charge in [-0.2, -0.15) is 0 Å². The zero-order valence-corrected chi connectivity index (χ0v) is 13.7. The molecule has 2 fully saturated rings. The number of esters is 1. The molecule has 0 unspecified atom stereocenters. The van der Waals surface area contributed by atoms with Crippen LogP contribution in [0.25, 0.3) is 0 Å². The van der Waals surface area contributed by atoms with Crippen molar-refractivity contribution in [3.8, 4) is 0 Å². The van der Waals surface area contributed by atoms with Crippen LogP contribution in [0.3, 0.4) is 0 Å². The zero-order valence-electron chi connectivity index (χ0n) is 13.7. The lowest BCUT2D eigenvalue weighted by Gasteiger charge is -2.58. The first kappa shape index (κ1) is 15.3. The van der Waals surface area contributed by atoms with Crippen LogP contribution in [0.15, 0.2) is 18.3 Å². The Morgan fingerprint density at radius 1 is 1.45 bits per heavy atom. The Balaban J connectivity index is 1.73. The van der Waals surface area contributed by atoms with Gasteiger partial charge in [-0.3, -0.25) is 0 Å². The summed E-state index contributed by atoms with van der Waals surface area (Å²) in [5, 5.41) is 0. The fraction of sp³-hybridized carbons (Fsp3) is 0.647. The quantitative estimate of drug-likeness (QED) is 0.803. The molecule has 0 amide bonds. The van der Waals surface area contributed by atoms with Gasteiger partial charge in [0.2, 0.25) is 0 Å². The first-order valence-electron chi connectivity index (χ1n) is 7.87. The molecule has 2 heterocycles. The van der Waals surface area contributed by atoms with Crippen LogP contribution < -0.4 is 4.90 Å². The minimum atomic E-state index is -0.271. The van der Waals surface area contributed by atoms with Gasteiger partial charge in [-0.15, -0.1) is 0 Å². The maximum absolute atomic E-state index is 12.5. The van der Waals surface area contributed by atoms with Crippen LogP contribution in [0, 0.1) is 11.3 Å². The van der Waals surface area contributed by atoms with Crippen molar-refractivity contribution < 1.29 is 14.3 Å². The van der Waals surface area contributed by atoms with Crippen LogP contribution in [0.1, 0.15) is 37.0 Å². The van der Waals surface area contributed by atoms with E-state index in [0.29, 0.717) is 11.5 Å². The average Bonchev–Trinajstić information content (AvgIpc) is 2.52. The van der Waals surface area contributed by atoms with Gasteiger partial charge < -0.3 is 14.4 Å². The number of pyridine rings is 1. The molecule has 120 valence electrons. The number of ether oxygens (including phenoxy) is 2. The lowest BCUT2D eigenvalue weighted by Crippen LogP contribution is -2.65. The summed E-state index contributed by atoms with van der Waals surface area (Å²) in [6.07, 6.45) is 3.91. The predicted molar refractivity (Wildman–Crippen MR) is 84.0 cm³/mol. The highest BCUT2D eigenvalue weighted by Crippen LogP contribution is 2.53. The predicted octanol–water partition coefficient (Wildman–Crippen LogP) is 2.51. The highest BCUT2D eigenvalue weighted by atomic mass is 16.6. The molecule has 1 saturated carbocycles. The Labute approximate surface area is 131 Å². The summed E-state index contributed by atoms with van der Waals surface area (Å²) < 4.78 is 11.7. The molecule has 5 nitrogen and oxygen atoms in total. The largest absolute Gasteiger partial charge is 0.458 e. The number of carbonyl (C=O) groups excluding carboxylic acids is 1. The maximum Gasteiger partial charge on any atom is 0.338 e. The summed E-state index contributed by atoms with van der Waals surface area (Å²) in [5.41, 5.74) is 0.438. The Morgan fingerprint density at radius 3 is 2.95 bits per heavy atom. The lowest BCUT2D eigenvalue weighted by molar-refractivity contribution is -0.243. The summed E-state index contributed by atoms with van der Waals surface area (Å²) in [5.74, 6) is 0.816. The van der Waals surface area contributed by atoms with E-state index < -0.39 is 0 Å². The van der Waals surface area contributed by atoms with E-state index in [0.717, 1.165) is 25.3 Å². The van der Waals surface area contributed by atoms with Gasteiger partial charge in [0.25, 0.3) is 0 Å². The smallest absolute Gasteiger partial charge is 0.338 e. The molecule has 22 heavy (non-hydrogen) atoms. The lowest BCUT2D eigenvalue weighted by atomic mass is 9.57. The number of rotatable bonds is 3. The van der Waals surface area contributed by atoms with Gasteiger partial charge in [0.1, 0.15) is 11.9 Å². The van der Waals surface area contributed by atoms with E-state index in [1.54, 1.807) is 18.3 Å². The molecule has 1 aromatic rings. The molecule has 1 saturated heterocycles. The molecule has 0 N–H and O–H groups in total. The van der Waals surface area contributed by atoms with E-state index in [9.17, 15) is 4.79 Å². The number of aromatic nitrogens is 1. The van der Waals surface area contributed by atoms with E-state index in [2.05, 4.69) is 18.8 Å². The molecule has 0 radical (unpaired) electrons. The van der Waals surface area contributed by atoms with Crippen molar-refractivity contribution in [2.45, 2.75) is 38.9 Å². The molecular formula is C17H24N2O3. The molecule has 0 aromatic carbocycles. The normalized spacial score (nSPS) is 29.2.